The summed E-state index contributed by atoms with van der Waals surface area (Å²) in [6.07, 6.45) is 2.40. The van der Waals surface area contributed by atoms with Gasteiger partial charge in [-0.15, -0.1) is 0 Å². The first-order valence-electron chi connectivity index (χ1n) is 5.35. The summed E-state index contributed by atoms with van der Waals surface area (Å²) in [6.45, 7) is 1.93. The maximum absolute atomic E-state index is 10.9. The molecule has 1 unspecified atom stereocenters. The lowest BCUT2D eigenvalue weighted by molar-refractivity contribution is -0.147. The summed E-state index contributed by atoms with van der Waals surface area (Å²) in [5, 5.41) is 17.4. The molecule has 1 saturated heterocycles. The minimum Gasteiger partial charge on any atom is -0.481 e. The molecule has 0 amide bonds. The topological polar surface area (TPSA) is 99.7 Å². The molecule has 16 heavy (non-hydrogen) atoms. The fourth-order valence-electron chi connectivity index (χ4n) is 1.80. The summed E-state index contributed by atoms with van der Waals surface area (Å²) in [7, 11) is 0. The van der Waals surface area contributed by atoms with Gasteiger partial charge in [-0.25, -0.2) is 4.79 Å². The number of carbonyl (C=O) groups is 2. The summed E-state index contributed by atoms with van der Waals surface area (Å²) < 4.78 is 0. The Hall–Kier alpha value is -1.14. The van der Waals surface area contributed by atoms with Crippen LogP contribution in [0.3, 0.4) is 0 Å². The second-order valence-corrected chi connectivity index (χ2v) is 3.91. The van der Waals surface area contributed by atoms with E-state index >= 15 is 0 Å². The molecule has 0 aromatic rings. The van der Waals surface area contributed by atoms with Crippen LogP contribution in [0.4, 0.5) is 0 Å². The van der Waals surface area contributed by atoms with Crippen molar-refractivity contribution in [2.24, 2.45) is 5.92 Å². The molecule has 0 radical (unpaired) electrons. The Bertz CT molecular complexity index is 270. The van der Waals surface area contributed by atoms with Gasteiger partial charge in [-0.3, -0.25) is 4.79 Å². The lowest BCUT2D eigenvalue weighted by Crippen LogP contribution is -2.33. The third-order valence-corrected chi connectivity index (χ3v) is 2.68. The molecule has 1 heterocycles. The highest BCUT2D eigenvalue weighted by Gasteiger charge is 2.62. The molecule has 92 valence electrons. The maximum Gasteiger partial charge on any atom is 0.370 e. The molecule has 0 aromatic carbocycles. The highest BCUT2D eigenvalue weighted by Crippen LogP contribution is 2.42. The highest BCUT2D eigenvalue weighted by molar-refractivity contribution is 5.77. The van der Waals surface area contributed by atoms with E-state index in [9.17, 15) is 9.59 Å². The van der Waals surface area contributed by atoms with Crippen LogP contribution in [0, 0.1) is 5.92 Å². The number of rotatable bonds is 8. The van der Waals surface area contributed by atoms with Crippen LogP contribution in [-0.2, 0) is 19.4 Å². The Balaban J connectivity index is 2.48. The molecule has 1 aliphatic heterocycles. The van der Waals surface area contributed by atoms with Crippen molar-refractivity contribution in [1.82, 2.24) is 0 Å². The number of carboxylic acid groups (broad SMARTS) is 2. The van der Waals surface area contributed by atoms with Gasteiger partial charge in [0.25, 0.3) is 0 Å². The van der Waals surface area contributed by atoms with Crippen LogP contribution >= 0.6 is 0 Å². The Kier molecular flexibility index (Phi) is 4.26. The Labute approximate surface area is 93.1 Å². The number of aliphatic carboxylic acids is 2. The van der Waals surface area contributed by atoms with E-state index < -0.39 is 17.7 Å². The molecular formula is C10H16O6. The van der Waals surface area contributed by atoms with E-state index in [0.717, 1.165) is 6.42 Å². The van der Waals surface area contributed by atoms with Crippen LogP contribution in [0.2, 0.25) is 0 Å². The van der Waals surface area contributed by atoms with Gasteiger partial charge in [0.2, 0.25) is 0 Å². The molecule has 0 saturated carbocycles. The average molecular weight is 232 g/mol. The van der Waals surface area contributed by atoms with Crippen LogP contribution in [0.25, 0.3) is 0 Å². The average Bonchev–Trinajstić information content (AvgIpc) is 2.96. The molecule has 1 atom stereocenters. The van der Waals surface area contributed by atoms with Crippen LogP contribution in [0.5, 0.6) is 0 Å². The van der Waals surface area contributed by atoms with E-state index in [1.54, 1.807) is 0 Å². The van der Waals surface area contributed by atoms with Crippen molar-refractivity contribution in [3.63, 3.8) is 0 Å². The molecule has 1 aliphatic rings. The summed E-state index contributed by atoms with van der Waals surface area (Å²) >= 11 is 0. The number of carboxylic acids is 2. The Morgan fingerprint density at radius 3 is 2.25 bits per heavy atom. The minimum absolute atomic E-state index is 0.0376. The van der Waals surface area contributed by atoms with Gasteiger partial charge < -0.3 is 10.2 Å². The molecule has 6 heteroatoms. The van der Waals surface area contributed by atoms with Gasteiger partial charge in [-0.1, -0.05) is 13.3 Å². The normalized spacial score (nSPS) is 19.1. The van der Waals surface area contributed by atoms with Crippen molar-refractivity contribution in [2.45, 2.75) is 44.8 Å². The third-order valence-electron chi connectivity index (χ3n) is 2.68. The van der Waals surface area contributed by atoms with Crippen molar-refractivity contribution in [1.29, 1.82) is 0 Å². The van der Waals surface area contributed by atoms with Gasteiger partial charge in [0.15, 0.2) is 0 Å². The second kappa shape index (κ2) is 5.27. The van der Waals surface area contributed by atoms with Crippen molar-refractivity contribution < 1.29 is 29.6 Å². The maximum atomic E-state index is 10.9. The van der Waals surface area contributed by atoms with Crippen molar-refractivity contribution in [3.05, 3.63) is 0 Å². The molecular weight excluding hydrogens is 216 g/mol. The first-order valence-corrected chi connectivity index (χ1v) is 5.35. The van der Waals surface area contributed by atoms with Crippen molar-refractivity contribution >= 4 is 11.9 Å². The largest absolute Gasteiger partial charge is 0.481 e. The van der Waals surface area contributed by atoms with E-state index in [0.29, 0.717) is 19.3 Å². The lowest BCUT2D eigenvalue weighted by Gasteiger charge is -2.16. The third kappa shape index (κ3) is 2.93. The van der Waals surface area contributed by atoms with Crippen molar-refractivity contribution in [2.75, 3.05) is 0 Å². The summed E-state index contributed by atoms with van der Waals surface area (Å²) in [6, 6.07) is 0. The van der Waals surface area contributed by atoms with E-state index in [1.165, 1.54) is 0 Å². The van der Waals surface area contributed by atoms with Gasteiger partial charge in [0, 0.05) is 12.3 Å². The molecule has 0 aromatic heterocycles. The van der Waals surface area contributed by atoms with E-state index in [-0.39, 0.29) is 12.3 Å². The molecule has 6 nitrogen and oxygen atoms in total. The summed E-state index contributed by atoms with van der Waals surface area (Å²) in [5.74, 6) is -3.82. The first kappa shape index (κ1) is 12.9. The van der Waals surface area contributed by atoms with E-state index in [1.807, 2.05) is 6.92 Å². The van der Waals surface area contributed by atoms with Gasteiger partial charge in [0.1, 0.15) is 0 Å². The molecule has 1 rings (SSSR count). The quantitative estimate of drug-likeness (QED) is 0.484. The van der Waals surface area contributed by atoms with Gasteiger partial charge in [0.05, 0.1) is 0 Å². The predicted octanol–water partition coefficient (Wildman–Crippen LogP) is 1.40. The predicted molar refractivity (Wildman–Crippen MR) is 52.4 cm³/mol. The summed E-state index contributed by atoms with van der Waals surface area (Å²) in [5.41, 5.74) is 0. The van der Waals surface area contributed by atoms with Crippen LogP contribution in [0.15, 0.2) is 0 Å². The highest BCUT2D eigenvalue weighted by atomic mass is 17.4. The Morgan fingerprint density at radius 2 is 1.88 bits per heavy atom. The Morgan fingerprint density at radius 1 is 1.25 bits per heavy atom. The fraction of sp³-hybridized carbons (Fsp3) is 0.800. The van der Waals surface area contributed by atoms with Crippen molar-refractivity contribution in [3.8, 4) is 0 Å². The standard InChI is InChI=1S/C10H16O6/c1-2-4-7(5-3-6-8(11)12)10(9(13)14)15-16-10/h7H,2-6H2,1H3,(H,11,12)(H,13,14). The van der Waals surface area contributed by atoms with Gasteiger partial charge in [-0.2, -0.15) is 9.78 Å². The molecule has 2 N–H and O–H groups in total. The molecule has 1 fully saturated rings. The molecule has 0 aliphatic carbocycles. The van der Waals surface area contributed by atoms with Crippen LogP contribution in [-0.4, -0.2) is 27.9 Å². The van der Waals surface area contributed by atoms with Crippen LogP contribution in [0.1, 0.15) is 39.0 Å². The lowest BCUT2D eigenvalue weighted by atomic mass is 9.89. The van der Waals surface area contributed by atoms with E-state index in [4.69, 9.17) is 10.2 Å². The number of hydrogen-bond acceptors (Lipinski definition) is 4. The summed E-state index contributed by atoms with van der Waals surface area (Å²) in [4.78, 5) is 30.5. The zero-order valence-corrected chi connectivity index (χ0v) is 9.14. The SMILES string of the molecule is CCCC(CCCC(=O)O)C1(C(=O)O)OO1. The zero-order chi connectivity index (χ0) is 12.2. The fourth-order valence-corrected chi connectivity index (χ4v) is 1.80. The second-order valence-electron chi connectivity index (χ2n) is 3.91. The monoisotopic (exact) mass is 232 g/mol. The van der Waals surface area contributed by atoms with Crippen LogP contribution < -0.4 is 0 Å². The number of hydrogen-bond donors (Lipinski definition) is 2. The smallest absolute Gasteiger partial charge is 0.370 e. The molecule has 0 bridgehead atoms. The molecule has 0 spiro atoms. The minimum atomic E-state index is -1.52. The van der Waals surface area contributed by atoms with Gasteiger partial charge >= 0.3 is 17.7 Å². The van der Waals surface area contributed by atoms with Gasteiger partial charge in [-0.05, 0) is 19.3 Å². The zero-order valence-electron chi connectivity index (χ0n) is 9.14. The van der Waals surface area contributed by atoms with E-state index in [2.05, 4.69) is 9.78 Å². The first-order chi connectivity index (χ1) is 7.53.